The van der Waals surface area contributed by atoms with Crippen molar-refractivity contribution >= 4 is 27.8 Å². The Hall–Kier alpha value is -0.270. The minimum atomic E-state index is -3.47. The van der Waals surface area contributed by atoms with Crippen LogP contribution in [0.25, 0.3) is 0 Å². The maximum Gasteiger partial charge on any atom is 0.322 e. The molecule has 0 saturated carbocycles. The molecule has 17 heavy (non-hydrogen) atoms. The average Bonchev–Trinajstić information content (AvgIpc) is 2.58. The van der Waals surface area contributed by atoms with Crippen molar-refractivity contribution in [2.45, 2.75) is 38.6 Å². The van der Waals surface area contributed by atoms with Gasteiger partial charge in [-0.2, -0.15) is 4.31 Å². The average molecular weight is 281 g/mol. The Balaban J connectivity index is 2.84. The highest BCUT2D eigenvalue weighted by Crippen LogP contribution is 2.32. The summed E-state index contributed by atoms with van der Waals surface area (Å²) in [7, 11) is -3.47. The van der Waals surface area contributed by atoms with Crippen LogP contribution < -0.4 is 0 Å². The number of carbonyl (C=O) groups is 1. The molecular formula is C10H19NO4S2. The van der Waals surface area contributed by atoms with Crippen molar-refractivity contribution in [2.75, 3.05) is 11.5 Å². The van der Waals surface area contributed by atoms with E-state index in [2.05, 4.69) is 0 Å². The van der Waals surface area contributed by atoms with E-state index in [1.54, 1.807) is 6.92 Å². The van der Waals surface area contributed by atoms with Crippen LogP contribution >= 0.6 is 11.8 Å². The summed E-state index contributed by atoms with van der Waals surface area (Å²) >= 11 is 1.37. The molecule has 1 aliphatic heterocycles. The van der Waals surface area contributed by atoms with Crippen molar-refractivity contribution in [1.29, 1.82) is 0 Å². The van der Waals surface area contributed by atoms with E-state index >= 15 is 0 Å². The number of rotatable bonds is 5. The molecular weight excluding hydrogens is 262 g/mol. The summed E-state index contributed by atoms with van der Waals surface area (Å²) in [4.78, 5) is 11.0. The summed E-state index contributed by atoms with van der Waals surface area (Å²) in [6.45, 7) is 5.64. The van der Waals surface area contributed by atoms with Gasteiger partial charge in [-0.25, -0.2) is 8.42 Å². The van der Waals surface area contributed by atoms with Gasteiger partial charge in [0.05, 0.1) is 11.1 Å². The highest BCUT2D eigenvalue weighted by Gasteiger charge is 2.43. The number of aliphatic carboxylic acids is 1. The third kappa shape index (κ3) is 3.59. The Morgan fingerprint density at radius 2 is 2.12 bits per heavy atom. The third-order valence-electron chi connectivity index (χ3n) is 2.72. The molecule has 0 radical (unpaired) electrons. The molecule has 0 bridgehead atoms. The van der Waals surface area contributed by atoms with E-state index in [9.17, 15) is 13.2 Å². The van der Waals surface area contributed by atoms with Gasteiger partial charge in [0.25, 0.3) is 0 Å². The molecule has 100 valence electrons. The van der Waals surface area contributed by atoms with Crippen LogP contribution in [0.3, 0.4) is 0 Å². The molecule has 1 N–H and O–H groups in total. The maximum atomic E-state index is 12.1. The molecule has 0 amide bonds. The van der Waals surface area contributed by atoms with Gasteiger partial charge in [-0.1, -0.05) is 13.8 Å². The highest BCUT2D eigenvalue weighted by molar-refractivity contribution is 8.01. The predicted molar refractivity (Wildman–Crippen MR) is 68.4 cm³/mol. The number of hydrogen-bond acceptors (Lipinski definition) is 4. The van der Waals surface area contributed by atoms with Crippen LogP contribution in [0.2, 0.25) is 0 Å². The van der Waals surface area contributed by atoms with E-state index in [-0.39, 0.29) is 11.1 Å². The van der Waals surface area contributed by atoms with Gasteiger partial charge in [0.2, 0.25) is 10.0 Å². The fourth-order valence-corrected chi connectivity index (χ4v) is 5.43. The Labute approximate surface area is 107 Å². The largest absolute Gasteiger partial charge is 0.480 e. The molecule has 0 aromatic rings. The van der Waals surface area contributed by atoms with Crippen molar-refractivity contribution in [2.24, 2.45) is 5.92 Å². The number of sulfonamides is 1. The Kier molecular flexibility index (Phi) is 4.86. The number of hydrogen-bond donors (Lipinski definition) is 1. The zero-order valence-electron chi connectivity index (χ0n) is 10.3. The molecule has 5 nitrogen and oxygen atoms in total. The van der Waals surface area contributed by atoms with Gasteiger partial charge in [-0.15, -0.1) is 11.8 Å². The van der Waals surface area contributed by atoms with Crippen molar-refractivity contribution in [3.63, 3.8) is 0 Å². The van der Waals surface area contributed by atoms with Gasteiger partial charge >= 0.3 is 5.97 Å². The number of carboxylic acid groups (broad SMARTS) is 1. The van der Waals surface area contributed by atoms with Crippen LogP contribution in [0.4, 0.5) is 0 Å². The molecule has 1 saturated heterocycles. The molecule has 0 spiro atoms. The normalized spacial score (nSPS) is 26.6. The standard InChI is InChI=1S/C10H19NO4S2/c1-7(2)4-5-17(14,15)11-8(3)16-6-9(11)10(12)13/h7-9H,4-6H2,1-3H3,(H,12,13). The second-order valence-corrected chi connectivity index (χ2v) is 7.96. The smallest absolute Gasteiger partial charge is 0.322 e. The van der Waals surface area contributed by atoms with E-state index in [1.807, 2.05) is 13.8 Å². The van der Waals surface area contributed by atoms with Crippen LogP contribution in [0.15, 0.2) is 0 Å². The third-order valence-corrected chi connectivity index (χ3v) is 6.04. The van der Waals surface area contributed by atoms with Crippen molar-refractivity contribution in [3.8, 4) is 0 Å². The molecule has 0 aromatic carbocycles. The number of thioether (sulfide) groups is 1. The Morgan fingerprint density at radius 3 is 2.59 bits per heavy atom. The summed E-state index contributed by atoms with van der Waals surface area (Å²) < 4.78 is 25.4. The van der Waals surface area contributed by atoms with Crippen LogP contribution in [0, 0.1) is 5.92 Å². The fraction of sp³-hybridized carbons (Fsp3) is 0.900. The van der Waals surface area contributed by atoms with Crippen LogP contribution in [-0.2, 0) is 14.8 Å². The van der Waals surface area contributed by atoms with Gasteiger partial charge in [0.1, 0.15) is 6.04 Å². The molecule has 1 aliphatic rings. The van der Waals surface area contributed by atoms with Gasteiger partial charge in [-0.3, -0.25) is 4.79 Å². The second-order valence-electron chi connectivity index (χ2n) is 4.62. The Bertz CT molecular complexity index is 380. The van der Waals surface area contributed by atoms with Crippen molar-refractivity contribution in [1.82, 2.24) is 4.31 Å². The molecule has 7 heteroatoms. The van der Waals surface area contributed by atoms with Gasteiger partial charge in [-0.05, 0) is 19.3 Å². The van der Waals surface area contributed by atoms with Crippen LogP contribution in [0.5, 0.6) is 0 Å². The summed E-state index contributed by atoms with van der Waals surface area (Å²) in [5.74, 6) is -0.412. The zero-order valence-corrected chi connectivity index (χ0v) is 11.9. The minimum absolute atomic E-state index is 0.0271. The first kappa shape index (κ1) is 14.8. The summed E-state index contributed by atoms with van der Waals surface area (Å²) in [5.41, 5.74) is 0. The molecule has 2 unspecified atom stereocenters. The first-order valence-corrected chi connectivity index (χ1v) is 8.27. The van der Waals surface area contributed by atoms with E-state index in [1.165, 1.54) is 11.8 Å². The molecule has 1 rings (SSSR count). The fourth-order valence-electron chi connectivity index (χ4n) is 1.72. The minimum Gasteiger partial charge on any atom is -0.480 e. The van der Waals surface area contributed by atoms with E-state index in [0.717, 1.165) is 4.31 Å². The van der Waals surface area contributed by atoms with E-state index < -0.39 is 22.0 Å². The lowest BCUT2D eigenvalue weighted by Crippen LogP contribution is -2.45. The molecule has 0 aliphatic carbocycles. The molecule has 1 fully saturated rings. The van der Waals surface area contributed by atoms with Gasteiger partial charge < -0.3 is 5.11 Å². The predicted octanol–water partition coefficient (Wildman–Crippen LogP) is 1.21. The summed E-state index contributed by atoms with van der Waals surface area (Å²) in [5, 5.41) is 8.74. The highest BCUT2D eigenvalue weighted by atomic mass is 32.2. The van der Waals surface area contributed by atoms with Gasteiger partial charge in [0.15, 0.2) is 0 Å². The topological polar surface area (TPSA) is 74.7 Å². The quantitative estimate of drug-likeness (QED) is 0.820. The lowest BCUT2D eigenvalue weighted by Gasteiger charge is -2.24. The molecule has 0 aromatic heterocycles. The molecule has 1 heterocycles. The SMILES string of the molecule is CC(C)CCS(=O)(=O)N1C(C)SCC1C(=O)O. The first-order valence-electron chi connectivity index (χ1n) is 5.61. The second kappa shape index (κ2) is 5.58. The first-order chi connectivity index (χ1) is 7.75. The monoisotopic (exact) mass is 281 g/mol. The summed E-state index contributed by atoms with van der Waals surface area (Å²) in [6, 6.07) is -0.910. The lowest BCUT2D eigenvalue weighted by molar-refractivity contribution is -0.140. The number of carboxylic acids is 1. The summed E-state index contributed by atoms with van der Waals surface area (Å²) in [6.07, 6.45) is 0.558. The molecule has 2 atom stereocenters. The van der Waals surface area contributed by atoms with Crippen LogP contribution in [0.1, 0.15) is 27.2 Å². The Morgan fingerprint density at radius 1 is 1.53 bits per heavy atom. The number of nitrogens with zero attached hydrogens (tertiary/aromatic N) is 1. The van der Waals surface area contributed by atoms with Crippen molar-refractivity contribution < 1.29 is 18.3 Å². The van der Waals surface area contributed by atoms with Crippen molar-refractivity contribution in [3.05, 3.63) is 0 Å². The lowest BCUT2D eigenvalue weighted by atomic mass is 10.2. The van der Waals surface area contributed by atoms with Gasteiger partial charge in [0, 0.05) is 5.75 Å². The van der Waals surface area contributed by atoms with Crippen LogP contribution in [-0.4, -0.2) is 46.7 Å². The van der Waals surface area contributed by atoms with E-state index in [0.29, 0.717) is 18.1 Å². The maximum absolute atomic E-state index is 12.1. The van der Waals surface area contributed by atoms with E-state index in [4.69, 9.17) is 5.11 Å². The zero-order chi connectivity index (χ0) is 13.2.